The molecule has 1 heteroatoms. The Kier molecular flexibility index (Phi) is 2.50. The second kappa shape index (κ2) is 4.04. The minimum atomic E-state index is 0.0562. The molecule has 3 aromatic rings. The first-order valence-electron chi connectivity index (χ1n) is 8.07. The van der Waals surface area contributed by atoms with Crippen LogP contribution in [0.15, 0.2) is 42.5 Å². The quantitative estimate of drug-likeness (QED) is 0.540. The van der Waals surface area contributed by atoms with Gasteiger partial charge in [-0.05, 0) is 34.2 Å². The molecule has 2 aromatic carbocycles. The first-order valence-corrected chi connectivity index (χ1v) is 8.07. The Morgan fingerprint density at radius 2 is 1.68 bits per heavy atom. The normalized spacial score (nSPS) is 15.9. The number of H-pyrrole nitrogens is 1. The highest BCUT2D eigenvalue weighted by Gasteiger charge is 2.38. The molecule has 0 aliphatic heterocycles. The highest BCUT2D eigenvalue weighted by atomic mass is 14.7. The molecule has 0 saturated heterocycles. The summed E-state index contributed by atoms with van der Waals surface area (Å²) in [5, 5.41) is 1.38. The van der Waals surface area contributed by atoms with Gasteiger partial charge in [0.1, 0.15) is 0 Å². The highest BCUT2D eigenvalue weighted by Crippen LogP contribution is 2.51. The predicted molar refractivity (Wildman–Crippen MR) is 94.6 cm³/mol. The molecule has 1 aliphatic carbocycles. The number of rotatable bonds is 0. The Balaban J connectivity index is 2.07. The minimum Gasteiger partial charge on any atom is -0.354 e. The van der Waals surface area contributed by atoms with Crippen LogP contribution in [-0.2, 0) is 10.8 Å². The van der Waals surface area contributed by atoms with Crippen LogP contribution in [0.3, 0.4) is 0 Å². The molecular weight excluding hydrogens is 266 g/mol. The maximum absolute atomic E-state index is 3.67. The van der Waals surface area contributed by atoms with E-state index in [1.807, 2.05) is 0 Å². The first-order chi connectivity index (χ1) is 10.3. The van der Waals surface area contributed by atoms with E-state index in [9.17, 15) is 0 Å². The van der Waals surface area contributed by atoms with E-state index in [2.05, 4.69) is 82.1 Å². The van der Waals surface area contributed by atoms with E-state index < -0.39 is 0 Å². The van der Waals surface area contributed by atoms with Crippen LogP contribution in [0.2, 0.25) is 0 Å². The van der Waals surface area contributed by atoms with Gasteiger partial charge in [0, 0.05) is 21.9 Å². The average molecular weight is 289 g/mol. The van der Waals surface area contributed by atoms with Gasteiger partial charge >= 0.3 is 0 Å². The van der Waals surface area contributed by atoms with Crippen molar-refractivity contribution in [2.75, 3.05) is 0 Å². The van der Waals surface area contributed by atoms with Crippen molar-refractivity contribution < 1.29 is 0 Å². The molecule has 1 aromatic heterocycles. The molecule has 0 saturated carbocycles. The van der Waals surface area contributed by atoms with Gasteiger partial charge in [-0.1, -0.05) is 65.0 Å². The maximum atomic E-state index is 3.67. The number of hydrogen-bond donors (Lipinski definition) is 1. The number of aromatic amines is 1. The van der Waals surface area contributed by atoms with Gasteiger partial charge < -0.3 is 4.98 Å². The van der Waals surface area contributed by atoms with Gasteiger partial charge in [0.2, 0.25) is 0 Å². The van der Waals surface area contributed by atoms with Gasteiger partial charge in [0.05, 0.1) is 5.69 Å². The summed E-state index contributed by atoms with van der Waals surface area (Å²) in [4.78, 5) is 3.67. The Morgan fingerprint density at radius 3 is 2.41 bits per heavy atom. The third-order valence-electron chi connectivity index (χ3n) is 5.16. The molecule has 1 nitrogen and oxygen atoms in total. The summed E-state index contributed by atoms with van der Waals surface area (Å²) >= 11 is 0. The van der Waals surface area contributed by atoms with Gasteiger partial charge in [0.15, 0.2) is 0 Å². The monoisotopic (exact) mass is 289 g/mol. The van der Waals surface area contributed by atoms with Crippen LogP contribution < -0.4 is 0 Å². The average Bonchev–Trinajstić information content (AvgIpc) is 2.93. The molecule has 1 heterocycles. The number of fused-ring (bicyclic) bond motifs is 5. The molecule has 22 heavy (non-hydrogen) atoms. The van der Waals surface area contributed by atoms with Gasteiger partial charge in [-0.25, -0.2) is 0 Å². The molecule has 0 bridgehead atoms. The van der Waals surface area contributed by atoms with Crippen molar-refractivity contribution in [2.45, 2.75) is 45.4 Å². The van der Waals surface area contributed by atoms with Crippen LogP contribution in [-0.4, -0.2) is 4.98 Å². The van der Waals surface area contributed by atoms with Gasteiger partial charge in [-0.15, -0.1) is 0 Å². The van der Waals surface area contributed by atoms with Crippen molar-refractivity contribution in [2.24, 2.45) is 0 Å². The molecule has 0 spiro atoms. The molecule has 4 rings (SSSR count). The van der Waals surface area contributed by atoms with Gasteiger partial charge in [0.25, 0.3) is 0 Å². The number of benzene rings is 2. The fourth-order valence-corrected chi connectivity index (χ4v) is 3.89. The van der Waals surface area contributed by atoms with Crippen molar-refractivity contribution >= 4 is 10.9 Å². The summed E-state index contributed by atoms with van der Waals surface area (Å²) < 4.78 is 0. The van der Waals surface area contributed by atoms with E-state index in [4.69, 9.17) is 0 Å². The molecule has 0 fully saturated rings. The molecule has 0 amide bonds. The lowest BCUT2D eigenvalue weighted by Gasteiger charge is -2.23. The fraction of sp³-hybridized carbons (Fsp3) is 0.333. The summed E-state index contributed by atoms with van der Waals surface area (Å²) in [5.74, 6) is 0. The summed E-state index contributed by atoms with van der Waals surface area (Å²) in [5.41, 5.74) is 8.43. The van der Waals surface area contributed by atoms with Crippen LogP contribution in [0, 0.1) is 0 Å². The van der Waals surface area contributed by atoms with Crippen molar-refractivity contribution in [3.8, 4) is 11.3 Å². The third-order valence-corrected chi connectivity index (χ3v) is 5.16. The lowest BCUT2D eigenvalue weighted by Crippen LogP contribution is -2.15. The predicted octanol–water partition coefficient (Wildman–Crippen LogP) is 5.77. The lowest BCUT2D eigenvalue weighted by molar-refractivity contribution is 0.591. The summed E-state index contributed by atoms with van der Waals surface area (Å²) in [7, 11) is 0. The van der Waals surface area contributed by atoms with E-state index in [-0.39, 0.29) is 10.8 Å². The van der Waals surface area contributed by atoms with E-state index >= 15 is 0 Å². The summed E-state index contributed by atoms with van der Waals surface area (Å²) in [6.07, 6.45) is 0. The Hall–Kier alpha value is -2.02. The zero-order valence-corrected chi connectivity index (χ0v) is 14.0. The van der Waals surface area contributed by atoms with Crippen LogP contribution >= 0.6 is 0 Å². The van der Waals surface area contributed by atoms with Gasteiger partial charge in [-0.2, -0.15) is 0 Å². The standard InChI is InChI=1S/C21H23N/c1-20(2,3)13-10-11-17-15(12-13)18-19(22-17)14-8-6-7-9-16(14)21(18,4)5/h6-12,22H,1-5H3. The highest BCUT2D eigenvalue weighted by molar-refractivity contribution is 5.97. The van der Waals surface area contributed by atoms with Crippen molar-refractivity contribution in [1.82, 2.24) is 4.98 Å². The van der Waals surface area contributed by atoms with Crippen LogP contribution in [0.1, 0.15) is 51.3 Å². The van der Waals surface area contributed by atoms with Crippen LogP contribution in [0.5, 0.6) is 0 Å². The number of nitrogens with one attached hydrogen (secondary N) is 1. The van der Waals surface area contributed by atoms with E-state index in [0.717, 1.165) is 0 Å². The summed E-state index contributed by atoms with van der Waals surface area (Å²) in [6, 6.07) is 15.7. The van der Waals surface area contributed by atoms with Crippen LogP contribution in [0.4, 0.5) is 0 Å². The van der Waals surface area contributed by atoms with E-state index in [0.29, 0.717) is 0 Å². The zero-order chi connectivity index (χ0) is 15.7. The maximum Gasteiger partial charge on any atom is 0.0509 e. The number of hydrogen-bond acceptors (Lipinski definition) is 0. The second-order valence-electron chi connectivity index (χ2n) is 8.06. The largest absolute Gasteiger partial charge is 0.354 e. The Bertz CT molecular complexity index is 888. The Labute approximate surface area is 132 Å². The summed E-state index contributed by atoms with van der Waals surface area (Å²) in [6.45, 7) is 11.5. The topological polar surface area (TPSA) is 15.8 Å². The van der Waals surface area contributed by atoms with E-state index in [1.165, 1.54) is 38.9 Å². The molecule has 0 atom stereocenters. The lowest BCUT2D eigenvalue weighted by atomic mass is 9.80. The smallest absolute Gasteiger partial charge is 0.0509 e. The zero-order valence-electron chi connectivity index (χ0n) is 14.0. The third kappa shape index (κ3) is 1.65. The molecule has 1 aliphatic rings. The minimum absolute atomic E-state index is 0.0562. The van der Waals surface area contributed by atoms with Crippen LogP contribution in [0.25, 0.3) is 22.2 Å². The Morgan fingerprint density at radius 1 is 0.955 bits per heavy atom. The SMILES string of the molecule is CC(C)(C)c1ccc2[nH]c3c(c2c1)C(C)(C)c1ccccc1-3. The van der Waals surface area contributed by atoms with Crippen molar-refractivity contribution in [3.63, 3.8) is 0 Å². The molecule has 0 radical (unpaired) electrons. The van der Waals surface area contributed by atoms with Crippen molar-refractivity contribution in [1.29, 1.82) is 0 Å². The molecule has 112 valence electrons. The van der Waals surface area contributed by atoms with E-state index in [1.54, 1.807) is 0 Å². The molecular formula is C21H23N. The number of aromatic nitrogens is 1. The van der Waals surface area contributed by atoms with Crippen molar-refractivity contribution in [3.05, 3.63) is 59.2 Å². The first kappa shape index (κ1) is 13.6. The second-order valence-corrected chi connectivity index (χ2v) is 8.06. The molecule has 0 unspecified atom stereocenters. The molecule has 1 N–H and O–H groups in total. The van der Waals surface area contributed by atoms with Gasteiger partial charge in [-0.3, -0.25) is 0 Å². The fourth-order valence-electron chi connectivity index (χ4n) is 3.89.